The lowest BCUT2D eigenvalue weighted by Crippen LogP contribution is -2.49. The summed E-state index contributed by atoms with van der Waals surface area (Å²) >= 11 is 0. The first-order valence-corrected chi connectivity index (χ1v) is 9.15. The zero-order valence-electron chi connectivity index (χ0n) is 14.8. The van der Waals surface area contributed by atoms with Gasteiger partial charge >= 0.3 is 6.09 Å². The average Bonchev–Trinajstić information content (AvgIpc) is 3.27. The molecule has 0 radical (unpaired) electrons. The molecule has 2 aromatic rings. The number of Topliss-reactive ketones (excluding diaryl/α,β-unsaturated/α-hetero) is 1. The van der Waals surface area contributed by atoms with Crippen molar-refractivity contribution in [3.63, 3.8) is 0 Å². The normalized spacial score (nSPS) is 26.6. The van der Waals surface area contributed by atoms with Crippen LogP contribution in [0.4, 0.5) is 4.79 Å². The number of fused-ring (bicyclic) bond motifs is 1. The van der Waals surface area contributed by atoms with Crippen LogP contribution in [0, 0.1) is 0 Å². The van der Waals surface area contributed by atoms with Crippen LogP contribution in [-0.2, 0) is 11.3 Å². The van der Waals surface area contributed by atoms with Gasteiger partial charge in [-0.1, -0.05) is 60.7 Å². The minimum Gasteiger partial charge on any atom is -0.445 e. The molecule has 0 aliphatic carbocycles. The standard InChI is InChI=1S/C21H22N2O4/c24-18-12-22-16-11-17(20(25)15-9-5-2-6-10-15)23(19(16)18)21(26)27-13-14-7-3-1-4-8-14/h1-10,16-19,22,24H,11-13H2/t16-,17?,18+,19+/m1/s1. The number of aliphatic hydroxyl groups excluding tert-OH is 1. The Kier molecular flexibility index (Phi) is 4.92. The molecule has 6 nitrogen and oxygen atoms in total. The van der Waals surface area contributed by atoms with Crippen molar-refractivity contribution in [1.82, 2.24) is 10.2 Å². The van der Waals surface area contributed by atoms with Crippen molar-refractivity contribution in [2.24, 2.45) is 0 Å². The van der Waals surface area contributed by atoms with Gasteiger partial charge in [-0.15, -0.1) is 0 Å². The summed E-state index contributed by atoms with van der Waals surface area (Å²) in [5.74, 6) is -0.129. The van der Waals surface area contributed by atoms with Gasteiger partial charge in [0.2, 0.25) is 0 Å². The van der Waals surface area contributed by atoms with Crippen molar-refractivity contribution < 1.29 is 19.4 Å². The molecule has 0 saturated carbocycles. The van der Waals surface area contributed by atoms with E-state index in [0.717, 1.165) is 5.56 Å². The maximum atomic E-state index is 13.0. The van der Waals surface area contributed by atoms with E-state index in [0.29, 0.717) is 18.5 Å². The number of nitrogens with zero attached hydrogens (tertiary/aromatic N) is 1. The number of rotatable bonds is 4. The van der Waals surface area contributed by atoms with E-state index in [9.17, 15) is 14.7 Å². The summed E-state index contributed by atoms with van der Waals surface area (Å²) in [5, 5.41) is 13.6. The SMILES string of the molecule is O=C(c1ccccc1)C1C[C@H]2NC[C@H](O)[C@H]2N1C(=O)OCc1ccccc1. The Morgan fingerprint density at radius 3 is 2.44 bits per heavy atom. The maximum absolute atomic E-state index is 13.0. The summed E-state index contributed by atoms with van der Waals surface area (Å²) in [4.78, 5) is 27.3. The van der Waals surface area contributed by atoms with E-state index in [1.807, 2.05) is 36.4 Å². The number of β-amino-alcohol motifs (C(OH)–C–C–N with tert-alkyl or cyclic N) is 1. The molecule has 0 bridgehead atoms. The van der Waals surface area contributed by atoms with Crippen molar-refractivity contribution in [1.29, 1.82) is 0 Å². The molecule has 2 heterocycles. The average molecular weight is 366 g/mol. The van der Waals surface area contributed by atoms with Crippen LogP contribution < -0.4 is 5.32 Å². The molecule has 6 heteroatoms. The van der Waals surface area contributed by atoms with E-state index in [4.69, 9.17) is 4.74 Å². The lowest BCUT2D eigenvalue weighted by Gasteiger charge is -2.29. The van der Waals surface area contributed by atoms with Gasteiger partial charge in [-0.2, -0.15) is 0 Å². The van der Waals surface area contributed by atoms with Gasteiger partial charge in [0, 0.05) is 18.2 Å². The molecule has 2 aromatic carbocycles. The molecule has 2 saturated heterocycles. The van der Waals surface area contributed by atoms with Crippen LogP contribution in [0.2, 0.25) is 0 Å². The van der Waals surface area contributed by atoms with Gasteiger partial charge in [0.15, 0.2) is 5.78 Å². The maximum Gasteiger partial charge on any atom is 0.411 e. The summed E-state index contributed by atoms with van der Waals surface area (Å²) in [6, 6.07) is 17.1. The molecular weight excluding hydrogens is 344 g/mol. The second-order valence-corrected chi connectivity index (χ2v) is 7.00. The monoisotopic (exact) mass is 366 g/mol. The number of aliphatic hydroxyl groups is 1. The third-order valence-electron chi connectivity index (χ3n) is 5.31. The molecule has 140 valence electrons. The van der Waals surface area contributed by atoms with Crippen LogP contribution in [0.25, 0.3) is 0 Å². The van der Waals surface area contributed by atoms with Gasteiger partial charge in [0.1, 0.15) is 12.6 Å². The van der Waals surface area contributed by atoms with E-state index >= 15 is 0 Å². The van der Waals surface area contributed by atoms with E-state index in [1.165, 1.54) is 4.90 Å². The van der Waals surface area contributed by atoms with Crippen LogP contribution in [0.15, 0.2) is 60.7 Å². The number of ketones is 1. The van der Waals surface area contributed by atoms with Gasteiger partial charge in [-0.05, 0) is 12.0 Å². The number of hydrogen-bond acceptors (Lipinski definition) is 5. The van der Waals surface area contributed by atoms with Gasteiger partial charge in [0.25, 0.3) is 0 Å². The minimum absolute atomic E-state index is 0.109. The lowest BCUT2D eigenvalue weighted by atomic mass is 10.0. The fraction of sp³-hybridized carbons (Fsp3) is 0.333. The van der Waals surface area contributed by atoms with E-state index in [1.54, 1.807) is 24.3 Å². The fourth-order valence-corrected chi connectivity index (χ4v) is 4.02. The summed E-state index contributed by atoms with van der Waals surface area (Å²) < 4.78 is 5.48. The van der Waals surface area contributed by atoms with Crippen LogP contribution in [0.3, 0.4) is 0 Å². The number of nitrogens with one attached hydrogen (secondary N) is 1. The summed E-state index contributed by atoms with van der Waals surface area (Å²) in [5.41, 5.74) is 1.43. The van der Waals surface area contributed by atoms with Gasteiger partial charge < -0.3 is 15.2 Å². The minimum atomic E-state index is -0.715. The molecule has 27 heavy (non-hydrogen) atoms. The highest BCUT2D eigenvalue weighted by Gasteiger charge is 2.53. The molecule has 4 atom stereocenters. The van der Waals surface area contributed by atoms with Crippen molar-refractivity contribution in [3.05, 3.63) is 71.8 Å². The Labute approximate surface area is 157 Å². The number of hydrogen-bond donors (Lipinski definition) is 2. The summed E-state index contributed by atoms with van der Waals surface area (Å²) in [7, 11) is 0. The zero-order chi connectivity index (χ0) is 18.8. The predicted molar refractivity (Wildman–Crippen MR) is 99.2 cm³/mol. The molecule has 4 rings (SSSR count). The topological polar surface area (TPSA) is 78.9 Å². The van der Waals surface area contributed by atoms with Crippen molar-refractivity contribution in [2.45, 2.75) is 37.3 Å². The quantitative estimate of drug-likeness (QED) is 0.809. The summed E-state index contributed by atoms with van der Waals surface area (Å²) in [6.45, 7) is 0.535. The first-order chi connectivity index (χ1) is 13.1. The van der Waals surface area contributed by atoms with Crippen LogP contribution in [-0.4, -0.2) is 52.7 Å². The second-order valence-electron chi connectivity index (χ2n) is 7.00. The fourth-order valence-electron chi connectivity index (χ4n) is 4.02. The first kappa shape index (κ1) is 17.7. The molecular formula is C21H22N2O4. The number of likely N-dealkylation sites (tertiary alicyclic amines) is 1. The van der Waals surface area contributed by atoms with Gasteiger partial charge in [0.05, 0.1) is 12.1 Å². The highest BCUT2D eigenvalue weighted by atomic mass is 16.6. The molecule has 2 N–H and O–H groups in total. The van der Waals surface area contributed by atoms with Crippen molar-refractivity contribution >= 4 is 11.9 Å². The molecule has 2 aliphatic rings. The molecule has 1 unspecified atom stereocenters. The number of amides is 1. The molecule has 0 aromatic heterocycles. The summed E-state index contributed by atoms with van der Waals surface area (Å²) in [6.07, 6.45) is -0.813. The van der Waals surface area contributed by atoms with Crippen molar-refractivity contribution in [3.8, 4) is 0 Å². The highest BCUT2D eigenvalue weighted by Crippen LogP contribution is 2.33. The highest BCUT2D eigenvalue weighted by molar-refractivity contribution is 6.02. The van der Waals surface area contributed by atoms with E-state index in [-0.39, 0.29) is 18.4 Å². The lowest BCUT2D eigenvalue weighted by molar-refractivity contribution is 0.0431. The largest absolute Gasteiger partial charge is 0.445 e. The second kappa shape index (κ2) is 7.50. The Balaban J connectivity index is 1.55. The molecule has 1 amide bonds. The Hall–Kier alpha value is -2.70. The Morgan fingerprint density at radius 1 is 1.07 bits per heavy atom. The first-order valence-electron chi connectivity index (χ1n) is 9.15. The van der Waals surface area contributed by atoms with Crippen LogP contribution >= 0.6 is 0 Å². The van der Waals surface area contributed by atoms with E-state index in [2.05, 4.69) is 5.32 Å². The Bertz CT molecular complexity index is 811. The van der Waals surface area contributed by atoms with E-state index < -0.39 is 24.3 Å². The third-order valence-corrected chi connectivity index (χ3v) is 5.31. The molecule has 2 aliphatic heterocycles. The smallest absolute Gasteiger partial charge is 0.411 e. The molecule has 2 fully saturated rings. The van der Waals surface area contributed by atoms with Crippen LogP contribution in [0.5, 0.6) is 0 Å². The third kappa shape index (κ3) is 3.46. The Morgan fingerprint density at radius 2 is 1.74 bits per heavy atom. The van der Waals surface area contributed by atoms with Crippen LogP contribution in [0.1, 0.15) is 22.3 Å². The van der Waals surface area contributed by atoms with Gasteiger partial charge in [-0.25, -0.2) is 4.79 Å². The number of benzene rings is 2. The molecule has 0 spiro atoms. The number of ether oxygens (including phenoxy) is 1. The van der Waals surface area contributed by atoms with Gasteiger partial charge in [-0.3, -0.25) is 9.69 Å². The number of carbonyl (C=O) groups is 2. The predicted octanol–water partition coefficient (Wildman–Crippen LogP) is 1.98. The van der Waals surface area contributed by atoms with Crippen molar-refractivity contribution in [2.75, 3.05) is 6.54 Å². The number of carbonyl (C=O) groups excluding carboxylic acids is 2. The zero-order valence-corrected chi connectivity index (χ0v) is 14.8.